The minimum atomic E-state index is -4.95. The second-order valence-electron chi connectivity index (χ2n) is 4.80. The molecule has 0 radical (unpaired) electrons. The maximum absolute atomic E-state index is 12.6. The normalized spacial score (nSPS) is 11.9. The Balaban J connectivity index is 2.36. The van der Waals surface area contributed by atoms with Gasteiger partial charge in [-0.15, -0.1) is 13.2 Å². The summed E-state index contributed by atoms with van der Waals surface area (Å²) in [5, 5.41) is 2.19. The van der Waals surface area contributed by atoms with Gasteiger partial charge in [-0.3, -0.25) is 9.78 Å². The fourth-order valence-electron chi connectivity index (χ4n) is 1.98. The van der Waals surface area contributed by atoms with Crippen LogP contribution in [0.2, 0.25) is 0 Å². The molecular formula is C15H10F6N2O2. The van der Waals surface area contributed by atoms with E-state index in [1.807, 2.05) is 0 Å². The third-order valence-electron chi connectivity index (χ3n) is 3.06. The second-order valence-corrected chi connectivity index (χ2v) is 4.80. The minimum absolute atomic E-state index is 0.0330. The number of benzene rings is 1. The summed E-state index contributed by atoms with van der Waals surface area (Å²) in [6.07, 6.45) is -8.37. The summed E-state index contributed by atoms with van der Waals surface area (Å²) in [5.74, 6) is -0.613. The Morgan fingerprint density at radius 2 is 1.72 bits per heavy atom. The maximum atomic E-state index is 12.6. The van der Waals surface area contributed by atoms with Crippen molar-refractivity contribution < 1.29 is 35.9 Å². The van der Waals surface area contributed by atoms with Crippen molar-refractivity contribution >= 4 is 6.41 Å². The predicted octanol–water partition coefficient (Wildman–Crippen LogP) is 3.91. The van der Waals surface area contributed by atoms with Crippen LogP contribution in [0.4, 0.5) is 26.3 Å². The van der Waals surface area contributed by atoms with E-state index >= 15 is 0 Å². The maximum Gasteiger partial charge on any atom is 0.573 e. The molecule has 0 saturated carbocycles. The number of hydrogen-bond donors (Lipinski definition) is 1. The van der Waals surface area contributed by atoms with Crippen LogP contribution in [-0.4, -0.2) is 17.8 Å². The minimum Gasteiger partial charge on any atom is -0.404 e. The second kappa shape index (κ2) is 6.99. The predicted molar refractivity (Wildman–Crippen MR) is 74.3 cm³/mol. The summed E-state index contributed by atoms with van der Waals surface area (Å²) in [6, 6.07) is 5.15. The van der Waals surface area contributed by atoms with Gasteiger partial charge in [0.2, 0.25) is 6.41 Å². The first-order chi connectivity index (χ1) is 11.6. The van der Waals surface area contributed by atoms with Crippen molar-refractivity contribution in [1.82, 2.24) is 10.3 Å². The standard InChI is InChI=1S/C15H10F6N2O2/c16-14(17,18)11-3-1-9(2-4-11)12-5-10(6-22-8-24)13(7-23-12)25-15(19,20)21/h1-5,7-8H,6H2,(H,22,24). The highest BCUT2D eigenvalue weighted by molar-refractivity contribution is 5.62. The van der Waals surface area contributed by atoms with E-state index in [1.165, 1.54) is 6.07 Å². The van der Waals surface area contributed by atoms with Gasteiger partial charge in [0.15, 0.2) is 5.75 Å². The largest absolute Gasteiger partial charge is 0.573 e. The molecule has 0 aliphatic heterocycles. The van der Waals surface area contributed by atoms with Gasteiger partial charge in [0, 0.05) is 17.7 Å². The average Bonchev–Trinajstić information content (AvgIpc) is 2.52. The number of rotatable bonds is 5. The Bertz CT molecular complexity index is 741. The number of amides is 1. The third-order valence-corrected chi connectivity index (χ3v) is 3.06. The lowest BCUT2D eigenvalue weighted by Crippen LogP contribution is -2.20. The molecule has 0 spiro atoms. The zero-order valence-electron chi connectivity index (χ0n) is 12.3. The molecule has 1 N–H and O–H groups in total. The van der Waals surface area contributed by atoms with Crippen molar-refractivity contribution in [3.05, 3.63) is 47.7 Å². The number of halogens is 6. The summed E-state index contributed by atoms with van der Waals surface area (Å²) >= 11 is 0. The van der Waals surface area contributed by atoms with Gasteiger partial charge in [-0.2, -0.15) is 13.2 Å². The molecule has 1 aromatic carbocycles. The Morgan fingerprint density at radius 3 is 2.24 bits per heavy atom. The highest BCUT2D eigenvalue weighted by atomic mass is 19.4. The molecule has 2 aromatic rings. The fraction of sp³-hybridized carbons (Fsp3) is 0.200. The van der Waals surface area contributed by atoms with Crippen molar-refractivity contribution in [2.45, 2.75) is 19.1 Å². The number of hydrogen-bond acceptors (Lipinski definition) is 3. The number of nitrogens with one attached hydrogen (secondary N) is 1. The molecule has 134 valence electrons. The van der Waals surface area contributed by atoms with Crippen LogP contribution in [0.15, 0.2) is 36.5 Å². The van der Waals surface area contributed by atoms with Crippen molar-refractivity contribution in [1.29, 1.82) is 0 Å². The Labute approximate surface area is 137 Å². The SMILES string of the molecule is O=CNCc1cc(-c2ccc(C(F)(F)F)cc2)ncc1OC(F)(F)F. The molecule has 0 bridgehead atoms. The number of carbonyl (C=O) groups excluding carboxylic acids is 1. The van der Waals surface area contributed by atoms with Gasteiger partial charge in [-0.25, -0.2) is 0 Å². The summed E-state index contributed by atoms with van der Waals surface area (Å²) in [4.78, 5) is 14.1. The van der Waals surface area contributed by atoms with E-state index in [4.69, 9.17) is 0 Å². The number of carbonyl (C=O) groups is 1. The van der Waals surface area contributed by atoms with Gasteiger partial charge in [0.05, 0.1) is 17.5 Å². The van der Waals surface area contributed by atoms with Crippen LogP contribution in [0.3, 0.4) is 0 Å². The van der Waals surface area contributed by atoms with Crippen LogP contribution in [0.1, 0.15) is 11.1 Å². The molecule has 1 aromatic heterocycles. The number of nitrogens with zero attached hydrogens (tertiary/aromatic N) is 1. The Hall–Kier alpha value is -2.78. The molecule has 0 saturated heterocycles. The molecule has 1 heterocycles. The van der Waals surface area contributed by atoms with Gasteiger partial charge >= 0.3 is 12.5 Å². The molecular weight excluding hydrogens is 354 g/mol. The smallest absolute Gasteiger partial charge is 0.404 e. The van der Waals surface area contributed by atoms with Crippen LogP contribution >= 0.6 is 0 Å². The highest BCUT2D eigenvalue weighted by Crippen LogP contribution is 2.32. The van der Waals surface area contributed by atoms with E-state index in [2.05, 4.69) is 15.0 Å². The number of aromatic nitrogens is 1. The lowest BCUT2D eigenvalue weighted by Gasteiger charge is -2.14. The summed E-state index contributed by atoms with van der Waals surface area (Å²) in [7, 11) is 0. The van der Waals surface area contributed by atoms with Crippen molar-refractivity contribution in [3.63, 3.8) is 0 Å². The summed E-state index contributed by atoms with van der Waals surface area (Å²) < 4.78 is 78.6. The zero-order valence-corrected chi connectivity index (χ0v) is 12.3. The van der Waals surface area contributed by atoms with Crippen molar-refractivity contribution in [2.75, 3.05) is 0 Å². The van der Waals surface area contributed by atoms with Gasteiger partial charge in [0.25, 0.3) is 0 Å². The molecule has 2 rings (SSSR count). The fourth-order valence-corrected chi connectivity index (χ4v) is 1.98. The van der Waals surface area contributed by atoms with E-state index in [9.17, 15) is 31.1 Å². The first-order valence-corrected chi connectivity index (χ1v) is 6.69. The van der Waals surface area contributed by atoms with Crippen molar-refractivity contribution in [2.24, 2.45) is 0 Å². The summed E-state index contributed by atoms with van der Waals surface area (Å²) in [6.45, 7) is -0.273. The van der Waals surface area contributed by atoms with Crippen LogP contribution < -0.4 is 10.1 Å². The van der Waals surface area contributed by atoms with Crippen LogP contribution in [0, 0.1) is 0 Å². The van der Waals surface area contributed by atoms with Gasteiger partial charge in [-0.05, 0) is 18.2 Å². The molecule has 0 fully saturated rings. The molecule has 0 aliphatic rings. The van der Waals surface area contributed by atoms with Crippen LogP contribution in [0.25, 0.3) is 11.3 Å². The Morgan fingerprint density at radius 1 is 1.08 bits per heavy atom. The van der Waals surface area contributed by atoms with E-state index in [0.717, 1.165) is 30.5 Å². The number of pyridine rings is 1. The topological polar surface area (TPSA) is 51.2 Å². The molecule has 0 unspecified atom stereocenters. The molecule has 10 heteroatoms. The lowest BCUT2D eigenvalue weighted by atomic mass is 10.1. The van der Waals surface area contributed by atoms with Gasteiger partial charge < -0.3 is 10.1 Å². The van der Waals surface area contributed by atoms with E-state index in [-0.39, 0.29) is 29.8 Å². The van der Waals surface area contributed by atoms with Gasteiger partial charge in [-0.1, -0.05) is 12.1 Å². The molecule has 0 atom stereocenters. The Kier molecular flexibility index (Phi) is 5.19. The number of alkyl halides is 6. The van der Waals surface area contributed by atoms with E-state index in [0.29, 0.717) is 0 Å². The van der Waals surface area contributed by atoms with Crippen molar-refractivity contribution in [3.8, 4) is 17.0 Å². The molecule has 25 heavy (non-hydrogen) atoms. The number of ether oxygens (including phenoxy) is 1. The molecule has 1 amide bonds. The first-order valence-electron chi connectivity index (χ1n) is 6.69. The lowest BCUT2D eigenvalue weighted by molar-refractivity contribution is -0.275. The van der Waals surface area contributed by atoms with Crippen LogP contribution in [0.5, 0.6) is 5.75 Å². The van der Waals surface area contributed by atoms with Crippen LogP contribution in [-0.2, 0) is 17.5 Å². The highest BCUT2D eigenvalue weighted by Gasteiger charge is 2.32. The van der Waals surface area contributed by atoms with Gasteiger partial charge in [0.1, 0.15) is 0 Å². The first kappa shape index (κ1) is 18.6. The van der Waals surface area contributed by atoms with E-state index in [1.54, 1.807) is 0 Å². The molecule has 4 nitrogen and oxygen atoms in total. The monoisotopic (exact) mass is 364 g/mol. The van der Waals surface area contributed by atoms with E-state index < -0.39 is 23.9 Å². The quantitative estimate of drug-likeness (QED) is 0.647. The molecule has 0 aliphatic carbocycles. The average molecular weight is 364 g/mol. The zero-order chi connectivity index (χ0) is 18.7. The summed E-state index contributed by atoms with van der Waals surface area (Å²) in [5.41, 5.74) is -0.504. The third kappa shape index (κ3) is 5.10.